The van der Waals surface area contributed by atoms with Gasteiger partial charge in [0.2, 0.25) is 0 Å². The van der Waals surface area contributed by atoms with Crippen molar-refractivity contribution in [3.05, 3.63) is 0 Å². The van der Waals surface area contributed by atoms with Crippen LogP contribution >= 0.6 is 0 Å². The summed E-state index contributed by atoms with van der Waals surface area (Å²) in [7, 11) is 0. The van der Waals surface area contributed by atoms with Crippen LogP contribution in [0.5, 0.6) is 0 Å². The summed E-state index contributed by atoms with van der Waals surface area (Å²) < 4.78 is 16.7. The molecule has 0 rings (SSSR count). The van der Waals surface area contributed by atoms with Gasteiger partial charge in [-0.1, -0.05) is 220 Å². The second kappa shape index (κ2) is 41.6. The highest BCUT2D eigenvalue weighted by Gasteiger charge is 2.19. The molecule has 0 unspecified atom stereocenters. The van der Waals surface area contributed by atoms with E-state index in [4.69, 9.17) is 14.2 Å². The molecular formula is C47H90O6. The summed E-state index contributed by atoms with van der Waals surface area (Å²) in [6.45, 7) is 8.95. The van der Waals surface area contributed by atoms with E-state index in [9.17, 15) is 14.4 Å². The van der Waals surface area contributed by atoms with Crippen LogP contribution in [0.1, 0.15) is 259 Å². The predicted octanol–water partition coefficient (Wildman–Crippen LogP) is 14.7. The molecule has 0 heterocycles. The van der Waals surface area contributed by atoms with Crippen molar-refractivity contribution in [3.63, 3.8) is 0 Å². The molecule has 0 saturated heterocycles. The molecule has 6 heteroatoms. The topological polar surface area (TPSA) is 78.9 Å². The van der Waals surface area contributed by atoms with E-state index in [0.29, 0.717) is 19.3 Å². The molecule has 0 aromatic carbocycles. The van der Waals surface area contributed by atoms with Crippen LogP contribution in [0.2, 0.25) is 0 Å². The largest absolute Gasteiger partial charge is 0.462 e. The number of hydrogen-bond acceptors (Lipinski definition) is 6. The van der Waals surface area contributed by atoms with Gasteiger partial charge >= 0.3 is 17.9 Å². The van der Waals surface area contributed by atoms with Gasteiger partial charge in [-0.3, -0.25) is 14.4 Å². The number of carbonyl (C=O) groups is 3. The maximum Gasteiger partial charge on any atom is 0.306 e. The number of hydrogen-bond donors (Lipinski definition) is 0. The molecule has 0 bridgehead atoms. The third-order valence-corrected chi connectivity index (χ3v) is 10.5. The van der Waals surface area contributed by atoms with Crippen molar-refractivity contribution in [1.29, 1.82) is 0 Å². The Bertz CT molecular complexity index is 796. The molecule has 0 aromatic rings. The number of carbonyl (C=O) groups excluding carboxylic acids is 3. The van der Waals surface area contributed by atoms with Gasteiger partial charge in [-0.25, -0.2) is 0 Å². The molecule has 0 N–H and O–H groups in total. The lowest BCUT2D eigenvalue weighted by Gasteiger charge is -2.18. The van der Waals surface area contributed by atoms with Crippen molar-refractivity contribution in [3.8, 4) is 0 Å². The SMILES string of the molecule is CCCCCCCCCCCCCCCCC(=O)OC[C@@H](COC(=O)CCCCCCCCCC(C)C)OC(=O)CCCCCCCCCCCCC. The number of unbranched alkanes of at least 4 members (excludes halogenated alkanes) is 29. The molecule has 0 aliphatic carbocycles. The Hall–Kier alpha value is -1.59. The summed E-state index contributed by atoms with van der Waals surface area (Å²) in [5.74, 6) is -0.0734. The van der Waals surface area contributed by atoms with Gasteiger partial charge in [0.15, 0.2) is 6.10 Å². The first-order valence-corrected chi connectivity index (χ1v) is 23.4. The molecule has 0 aliphatic rings. The third kappa shape index (κ3) is 41.4. The Morgan fingerprint density at radius 1 is 0.358 bits per heavy atom. The Labute approximate surface area is 329 Å². The highest BCUT2D eigenvalue weighted by molar-refractivity contribution is 5.71. The third-order valence-electron chi connectivity index (χ3n) is 10.5. The number of ether oxygens (including phenoxy) is 3. The van der Waals surface area contributed by atoms with Crippen LogP contribution in [0, 0.1) is 5.92 Å². The molecule has 0 amide bonds. The van der Waals surface area contributed by atoms with E-state index >= 15 is 0 Å². The minimum absolute atomic E-state index is 0.0640. The first-order valence-electron chi connectivity index (χ1n) is 23.4. The average Bonchev–Trinajstić information content (AvgIpc) is 3.14. The fraction of sp³-hybridized carbons (Fsp3) is 0.936. The molecule has 0 saturated carbocycles. The lowest BCUT2D eigenvalue weighted by molar-refractivity contribution is -0.167. The second-order valence-corrected chi connectivity index (χ2v) is 16.5. The van der Waals surface area contributed by atoms with Gasteiger partial charge in [-0.15, -0.1) is 0 Å². The zero-order valence-electron chi connectivity index (χ0n) is 36.0. The molecule has 53 heavy (non-hydrogen) atoms. The van der Waals surface area contributed by atoms with Crippen molar-refractivity contribution in [2.24, 2.45) is 5.92 Å². The first-order chi connectivity index (χ1) is 25.9. The van der Waals surface area contributed by atoms with Crippen molar-refractivity contribution in [2.45, 2.75) is 265 Å². The summed E-state index contributed by atoms with van der Waals surface area (Å²) in [4.78, 5) is 37.7. The van der Waals surface area contributed by atoms with Gasteiger partial charge in [0.05, 0.1) is 0 Å². The minimum atomic E-state index is -0.759. The van der Waals surface area contributed by atoms with E-state index in [1.54, 1.807) is 0 Å². The molecule has 0 fully saturated rings. The van der Waals surface area contributed by atoms with Gasteiger partial charge in [0.25, 0.3) is 0 Å². The van der Waals surface area contributed by atoms with Crippen LogP contribution in [-0.4, -0.2) is 37.2 Å². The van der Waals surface area contributed by atoms with Crippen LogP contribution in [0.15, 0.2) is 0 Å². The Kier molecular flexibility index (Phi) is 40.3. The van der Waals surface area contributed by atoms with E-state index in [-0.39, 0.29) is 31.1 Å². The zero-order valence-corrected chi connectivity index (χ0v) is 36.0. The molecular weight excluding hydrogens is 661 g/mol. The molecule has 1 atom stereocenters. The van der Waals surface area contributed by atoms with E-state index in [1.807, 2.05) is 0 Å². The fourth-order valence-electron chi connectivity index (χ4n) is 6.98. The lowest BCUT2D eigenvalue weighted by Crippen LogP contribution is -2.30. The van der Waals surface area contributed by atoms with Crippen LogP contribution < -0.4 is 0 Å². The molecule has 0 aromatic heterocycles. The average molecular weight is 751 g/mol. The smallest absolute Gasteiger partial charge is 0.306 e. The van der Waals surface area contributed by atoms with E-state index in [2.05, 4.69) is 27.7 Å². The van der Waals surface area contributed by atoms with Crippen LogP contribution in [0.25, 0.3) is 0 Å². The molecule has 0 spiro atoms. The highest BCUT2D eigenvalue weighted by Crippen LogP contribution is 2.16. The van der Waals surface area contributed by atoms with Crippen LogP contribution in [0.3, 0.4) is 0 Å². The highest BCUT2D eigenvalue weighted by atomic mass is 16.6. The summed E-state index contributed by atoms with van der Waals surface area (Å²) in [5, 5.41) is 0. The van der Waals surface area contributed by atoms with Crippen molar-refractivity contribution in [1.82, 2.24) is 0 Å². The maximum atomic E-state index is 12.7. The summed E-state index contributed by atoms with van der Waals surface area (Å²) in [5.41, 5.74) is 0. The Morgan fingerprint density at radius 2 is 0.623 bits per heavy atom. The fourth-order valence-corrected chi connectivity index (χ4v) is 6.98. The number of esters is 3. The molecule has 6 nitrogen and oxygen atoms in total. The van der Waals surface area contributed by atoms with Crippen molar-refractivity contribution < 1.29 is 28.6 Å². The monoisotopic (exact) mass is 751 g/mol. The van der Waals surface area contributed by atoms with Gasteiger partial charge in [-0.2, -0.15) is 0 Å². The zero-order chi connectivity index (χ0) is 38.9. The second-order valence-electron chi connectivity index (χ2n) is 16.5. The molecule has 0 aliphatic heterocycles. The van der Waals surface area contributed by atoms with Crippen LogP contribution in [0.4, 0.5) is 0 Å². The van der Waals surface area contributed by atoms with Gasteiger partial charge in [-0.05, 0) is 25.2 Å². The Morgan fingerprint density at radius 3 is 0.925 bits per heavy atom. The molecule has 314 valence electrons. The van der Waals surface area contributed by atoms with E-state index < -0.39 is 6.10 Å². The van der Waals surface area contributed by atoms with Crippen molar-refractivity contribution >= 4 is 17.9 Å². The van der Waals surface area contributed by atoms with Gasteiger partial charge < -0.3 is 14.2 Å². The van der Waals surface area contributed by atoms with Gasteiger partial charge in [0.1, 0.15) is 13.2 Å². The molecule has 0 radical (unpaired) electrons. The summed E-state index contributed by atoms with van der Waals surface area (Å²) >= 11 is 0. The minimum Gasteiger partial charge on any atom is -0.462 e. The van der Waals surface area contributed by atoms with Gasteiger partial charge in [0, 0.05) is 19.3 Å². The first kappa shape index (κ1) is 51.4. The standard InChI is InChI=1S/C47H90O6/c1-5-7-9-11-13-15-17-18-19-21-22-26-30-34-38-45(48)51-41-44(42-52-46(49)39-35-31-28-24-25-29-33-37-43(3)4)53-47(50)40-36-32-27-23-20-16-14-12-10-8-6-2/h43-44H,5-42H2,1-4H3/t44-/m0/s1. The predicted molar refractivity (Wildman–Crippen MR) is 224 cm³/mol. The quantitative estimate of drug-likeness (QED) is 0.0351. The lowest BCUT2D eigenvalue weighted by atomic mass is 10.0. The Balaban J connectivity index is 4.31. The van der Waals surface area contributed by atoms with Crippen LogP contribution in [-0.2, 0) is 28.6 Å². The van der Waals surface area contributed by atoms with Crippen molar-refractivity contribution in [2.75, 3.05) is 13.2 Å². The van der Waals surface area contributed by atoms with E-state index in [1.165, 1.54) is 154 Å². The summed E-state index contributed by atoms with van der Waals surface area (Å²) in [6, 6.07) is 0. The maximum absolute atomic E-state index is 12.7. The normalized spacial score (nSPS) is 11.9. The van der Waals surface area contributed by atoms with E-state index in [0.717, 1.165) is 63.7 Å². The number of rotatable bonds is 42. The summed E-state index contributed by atoms with van der Waals surface area (Å²) in [6.07, 6.45) is 40.9.